The van der Waals surface area contributed by atoms with Gasteiger partial charge in [-0.3, -0.25) is 9.78 Å². The minimum absolute atomic E-state index is 0.205. The lowest BCUT2D eigenvalue weighted by molar-refractivity contribution is -0.233. The third-order valence-electron chi connectivity index (χ3n) is 6.19. The van der Waals surface area contributed by atoms with Crippen molar-refractivity contribution in [2.75, 3.05) is 32.1 Å². The van der Waals surface area contributed by atoms with Crippen molar-refractivity contribution in [2.45, 2.75) is 18.5 Å². The molecule has 2 aliphatic heterocycles. The van der Waals surface area contributed by atoms with Crippen LogP contribution in [0.15, 0.2) is 48.8 Å². The van der Waals surface area contributed by atoms with Gasteiger partial charge < -0.3 is 19.4 Å². The number of hydrogen-bond acceptors (Lipinski definition) is 6. The number of amides is 1. The normalized spacial score (nSPS) is 25.7. The third kappa shape index (κ3) is 4.53. The first-order valence-corrected chi connectivity index (χ1v) is 11.9. The fourth-order valence-electron chi connectivity index (χ4n) is 4.20. The molecule has 1 unspecified atom stereocenters. The van der Waals surface area contributed by atoms with E-state index in [-0.39, 0.29) is 16.5 Å². The summed E-state index contributed by atoms with van der Waals surface area (Å²) in [6.45, 7) is 4.62. The first-order chi connectivity index (χ1) is 16.1. The van der Waals surface area contributed by atoms with E-state index in [0.29, 0.717) is 31.3 Å². The van der Waals surface area contributed by atoms with E-state index in [0.717, 1.165) is 35.5 Å². The predicted octanol–water partition coefficient (Wildman–Crippen LogP) is 3.90. The molecule has 1 N–H and O–H groups in total. The van der Waals surface area contributed by atoms with E-state index in [4.69, 9.17) is 14.5 Å². The monoisotopic (exact) mass is 468 g/mol. The highest BCUT2D eigenvalue weighted by molar-refractivity contribution is 8.00. The molecule has 172 valence electrons. The second-order valence-electron chi connectivity index (χ2n) is 8.66. The lowest BCUT2D eigenvalue weighted by Crippen LogP contribution is -2.51. The quantitative estimate of drug-likeness (QED) is 0.572. The Kier molecular flexibility index (Phi) is 6.18. The first kappa shape index (κ1) is 22.1. The van der Waals surface area contributed by atoms with Crippen LogP contribution in [0.5, 0.6) is 0 Å². The highest BCUT2D eigenvalue weighted by Crippen LogP contribution is 2.41. The number of imidazole rings is 1. The molecule has 5 rings (SSSR count). The number of carbonyl (C=O) groups is 1. The van der Waals surface area contributed by atoms with Crippen LogP contribution in [0.4, 0.5) is 4.39 Å². The number of pyridine rings is 1. The van der Waals surface area contributed by atoms with Gasteiger partial charge in [0.2, 0.25) is 12.7 Å². The SMILES string of the molecule is CC1(C2CN(C=O)CCS2)COC(c2nc(-c3ccc(F)cc3)c(-c3ccncc3)[nH]2)OC1. The maximum absolute atomic E-state index is 13.5. The van der Waals surface area contributed by atoms with Gasteiger partial charge in [-0.25, -0.2) is 9.37 Å². The maximum atomic E-state index is 13.5. The Labute approximate surface area is 195 Å². The van der Waals surface area contributed by atoms with E-state index in [1.165, 1.54) is 12.1 Å². The summed E-state index contributed by atoms with van der Waals surface area (Å²) in [5, 5.41) is 0.246. The summed E-state index contributed by atoms with van der Waals surface area (Å²) < 4.78 is 25.8. The summed E-state index contributed by atoms with van der Waals surface area (Å²) in [5.74, 6) is 1.18. The van der Waals surface area contributed by atoms with Crippen molar-refractivity contribution in [3.63, 3.8) is 0 Å². The molecule has 2 aromatic heterocycles. The van der Waals surface area contributed by atoms with Crippen molar-refractivity contribution in [1.29, 1.82) is 0 Å². The molecule has 2 fully saturated rings. The minimum Gasteiger partial charge on any atom is -0.345 e. The minimum atomic E-state index is -0.636. The van der Waals surface area contributed by atoms with Crippen LogP contribution in [0.3, 0.4) is 0 Å². The third-order valence-corrected chi connectivity index (χ3v) is 7.72. The van der Waals surface area contributed by atoms with Gasteiger partial charge in [0.25, 0.3) is 0 Å². The van der Waals surface area contributed by atoms with E-state index < -0.39 is 6.29 Å². The van der Waals surface area contributed by atoms with Gasteiger partial charge in [-0.05, 0) is 36.4 Å². The number of H-pyrrole nitrogens is 1. The average molecular weight is 469 g/mol. The molecule has 1 atom stereocenters. The van der Waals surface area contributed by atoms with Gasteiger partial charge in [0, 0.05) is 53.0 Å². The van der Waals surface area contributed by atoms with Gasteiger partial charge in [0.05, 0.1) is 24.6 Å². The zero-order chi connectivity index (χ0) is 22.8. The van der Waals surface area contributed by atoms with E-state index in [2.05, 4.69) is 16.9 Å². The number of nitrogens with zero attached hydrogens (tertiary/aromatic N) is 3. The number of hydrogen-bond donors (Lipinski definition) is 1. The molecular formula is C24H25FN4O3S. The number of halogens is 1. The van der Waals surface area contributed by atoms with E-state index in [9.17, 15) is 9.18 Å². The topological polar surface area (TPSA) is 80.3 Å². The second kappa shape index (κ2) is 9.24. The number of aromatic amines is 1. The van der Waals surface area contributed by atoms with Gasteiger partial charge >= 0.3 is 0 Å². The Balaban J connectivity index is 1.39. The summed E-state index contributed by atoms with van der Waals surface area (Å²) >= 11 is 1.87. The molecule has 2 aliphatic rings. The molecule has 9 heteroatoms. The van der Waals surface area contributed by atoms with Gasteiger partial charge in [-0.1, -0.05) is 6.92 Å². The van der Waals surface area contributed by atoms with Crippen LogP contribution in [0.25, 0.3) is 22.5 Å². The number of carbonyl (C=O) groups excluding carboxylic acids is 1. The molecule has 0 spiro atoms. The Morgan fingerprint density at radius 3 is 2.58 bits per heavy atom. The highest BCUT2D eigenvalue weighted by atomic mass is 32.2. The molecular weight excluding hydrogens is 443 g/mol. The predicted molar refractivity (Wildman–Crippen MR) is 124 cm³/mol. The van der Waals surface area contributed by atoms with Crippen molar-refractivity contribution in [2.24, 2.45) is 5.41 Å². The van der Waals surface area contributed by atoms with Crippen molar-refractivity contribution in [1.82, 2.24) is 19.9 Å². The summed E-state index contributed by atoms with van der Waals surface area (Å²) in [4.78, 5) is 25.3. The molecule has 4 heterocycles. The molecule has 3 aromatic rings. The van der Waals surface area contributed by atoms with Crippen LogP contribution in [0.1, 0.15) is 19.0 Å². The van der Waals surface area contributed by atoms with Gasteiger partial charge in [-0.15, -0.1) is 0 Å². The fraction of sp³-hybridized carbons (Fsp3) is 0.375. The average Bonchev–Trinajstić information content (AvgIpc) is 3.31. The Morgan fingerprint density at radius 2 is 1.88 bits per heavy atom. The van der Waals surface area contributed by atoms with Gasteiger partial charge in [0.15, 0.2) is 5.82 Å². The molecule has 2 saturated heterocycles. The number of rotatable bonds is 5. The van der Waals surface area contributed by atoms with Crippen LogP contribution in [0, 0.1) is 11.2 Å². The Bertz CT molecular complexity index is 1100. The molecule has 33 heavy (non-hydrogen) atoms. The van der Waals surface area contributed by atoms with E-state index in [1.54, 1.807) is 24.5 Å². The summed E-state index contributed by atoms with van der Waals surface area (Å²) in [7, 11) is 0. The number of benzene rings is 1. The van der Waals surface area contributed by atoms with Crippen molar-refractivity contribution >= 4 is 18.2 Å². The van der Waals surface area contributed by atoms with Crippen molar-refractivity contribution in [3.8, 4) is 22.5 Å². The van der Waals surface area contributed by atoms with Crippen LogP contribution < -0.4 is 0 Å². The molecule has 1 amide bonds. The maximum Gasteiger partial charge on any atom is 0.217 e. The second-order valence-corrected chi connectivity index (χ2v) is 9.97. The smallest absolute Gasteiger partial charge is 0.217 e. The number of aromatic nitrogens is 3. The molecule has 1 aromatic carbocycles. The highest BCUT2D eigenvalue weighted by Gasteiger charge is 2.43. The van der Waals surface area contributed by atoms with Crippen LogP contribution in [-0.4, -0.2) is 63.6 Å². The zero-order valence-electron chi connectivity index (χ0n) is 18.2. The van der Waals surface area contributed by atoms with Crippen molar-refractivity contribution in [3.05, 3.63) is 60.4 Å². The van der Waals surface area contributed by atoms with Crippen LogP contribution in [-0.2, 0) is 14.3 Å². The summed E-state index contributed by atoms with van der Waals surface area (Å²) in [5.41, 5.74) is 2.99. The van der Waals surface area contributed by atoms with Gasteiger partial charge in [-0.2, -0.15) is 11.8 Å². The van der Waals surface area contributed by atoms with Crippen LogP contribution in [0.2, 0.25) is 0 Å². The van der Waals surface area contributed by atoms with Crippen LogP contribution >= 0.6 is 11.8 Å². The van der Waals surface area contributed by atoms with E-state index >= 15 is 0 Å². The number of thioether (sulfide) groups is 1. The standard InChI is InChI=1S/C24H25FN4O3S/c1-24(19-12-29(15-30)10-11-33-19)13-31-23(32-14-24)22-27-20(16-2-4-18(25)5-3-16)21(28-22)17-6-8-26-9-7-17/h2-9,15,19,23H,10-14H2,1H3,(H,27,28). The van der Waals surface area contributed by atoms with Gasteiger partial charge in [0.1, 0.15) is 5.82 Å². The fourth-order valence-corrected chi connectivity index (χ4v) is 5.66. The zero-order valence-corrected chi connectivity index (χ0v) is 19.1. The van der Waals surface area contributed by atoms with Crippen molar-refractivity contribution < 1.29 is 18.7 Å². The molecule has 0 aliphatic carbocycles. The lowest BCUT2D eigenvalue weighted by Gasteiger charge is -2.44. The molecule has 0 saturated carbocycles. The molecule has 0 bridgehead atoms. The summed E-state index contributed by atoms with van der Waals surface area (Å²) in [6, 6.07) is 10.0. The number of ether oxygens (including phenoxy) is 2. The first-order valence-electron chi connectivity index (χ1n) is 10.9. The summed E-state index contributed by atoms with van der Waals surface area (Å²) in [6.07, 6.45) is 3.72. The largest absolute Gasteiger partial charge is 0.345 e. The molecule has 7 nitrogen and oxygen atoms in total. The number of nitrogens with one attached hydrogen (secondary N) is 1. The molecule has 0 radical (unpaired) electrons. The van der Waals surface area contributed by atoms with E-state index in [1.807, 2.05) is 28.8 Å². The lowest BCUT2D eigenvalue weighted by atomic mass is 9.87. The Morgan fingerprint density at radius 1 is 1.15 bits per heavy atom. The Hall–Kier alpha value is -2.75.